The van der Waals surface area contributed by atoms with Crippen molar-refractivity contribution in [3.8, 4) is 11.5 Å². The van der Waals surface area contributed by atoms with Gasteiger partial charge in [0.15, 0.2) is 11.5 Å². The van der Waals surface area contributed by atoms with E-state index in [2.05, 4.69) is 16.4 Å². The summed E-state index contributed by atoms with van der Waals surface area (Å²) in [6.45, 7) is 0.643. The smallest absolute Gasteiger partial charge is 0.254 e. The minimum absolute atomic E-state index is 0.0316. The highest BCUT2D eigenvalue weighted by Gasteiger charge is 2.34. The quantitative estimate of drug-likeness (QED) is 0.443. The predicted octanol–water partition coefficient (Wildman–Crippen LogP) is 5.16. The Hall–Kier alpha value is -2.90. The number of nitrogens with zero attached hydrogens (tertiary/aromatic N) is 2. The van der Waals surface area contributed by atoms with Crippen LogP contribution in [0.4, 0.5) is 0 Å². The van der Waals surface area contributed by atoms with Gasteiger partial charge in [-0.25, -0.2) is 4.98 Å². The molecule has 3 heterocycles. The number of carbonyl (C=O) groups is 1. The highest BCUT2D eigenvalue weighted by atomic mass is 32.1. The Bertz CT molecular complexity index is 1220. The zero-order valence-corrected chi connectivity index (χ0v) is 18.3. The van der Waals surface area contributed by atoms with Crippen molar-refractivity contribution in [2.24, 2.45) is 0 Å². The Labute approximate surface area is 182 Å². The number of benzene rings is 2. The van der Waals surface area contributed by atoms with Crippen molar-refractivity contribution in [2.75, 3.05) is 20.8 Å². The van der Waals surface area contributed by atoms with Gasteiger partial charge in [0, 0.05) is 17.0 Å². The average Bonchev–Trinajstić information content (AvgIpc) is 3.48. The van der Waals surface area contributed by atoms with Crippen molar-refractivity contribution < 1.29 is 14.3 Å². The minimum atomic E-state index is -0.154. The van der Waals surface area contributed by atoms with Gasteiger partial charge < -0.3 is 14.4 Å². The molecule has 4 aromatic rings. The summed E-state index contributed by atoms with van der Waals surface area (Å²) in [5.41, 5.74) is 5.70. The number of carbonyl (C=O) groups excluding carboxylic acids is 1. The molecule has 1 aliphatic heterocycles. The summed E-state index contributed by atoms with van der Waals surface area (Å²) in [6, 6.07) is 13.8. The van der Waals surface area contributed by atoms with E-state index in [1.54, 1.807) is 36.9 Å². The summed E-state index contributed by atoms with van der Waals surface area (Å²) in [6.07, 6.45) is 0.770. The molecular formula is C23H20N2O3S2. The molecule has 7 heteroatoms. The minimum Gasteiger partial charge on any atom is -0.493 e. The predicted molar refractivity (Wildman–Crippen MR) is 120 cm³/mol. The molecule has 0 spiro atoms. The van der Waals surface area contributed by atoms with Gasteiger partial charge in [0.25, 0.3) is 5.91 Å². The fourth-order valence-electron chi connectivity index (χ4n) is 4.07. The van der Waals surface area contributed by atoms with Crippen molar-refractivity contribution in [3.05, 3.63) is 74.9 Å². The molecule has 1 aliphatic rings. The Morgan fingerprint density at radius 3 is 2.70 bits per heavy atom. The van der Waals surface area contributed by atoms with E-state index in [-0.39, 0.29) is 11.9 Å². The number of hydrogen-bond donors (Lipinski definition) is 0. The first-order chi connectivity index (χ1) is 14.7. The van der Waals surface area contributed by atoms with E-state index in [1.165, 1.54) is 5.56 Å². The Morgan fingerprint density at radius 1 is 1.10 bits per heavy atom. The maximum absolute atomic E-state index is 13.6. The fraction of sp³-hybridized carbons (Fsp3) is 0.217. The van der Waals surface area contributed by atoms with E-state index in [1.807, 2.05) is 46.8 Å². The molecule has 0 saturated carbocycles. The van der Waals surface area contributed by atoms with Gasteiger partial charge in [0.2, 0.25) is 0 Å². The molecule has 0 unspecified atom stereocenters. The number of thiophene rings is 1. The normalized spacial score (nSPS) is 15.8. The second-order valence-electron chi connectivity index (χ2n) is 7.11. The van der Waals surface area contributed by atoms with Gasteiger partial charge in [-0.2, -0.15) is 0 Å². The monoisotopic (exact) mass is 436 g/mol. The number of ether oxygens (including phenoxy) is 2. The Kier molecular flexibility index (Phi) is 4.92. The van der Waals surface area contributed by atoms with Crippen LogP contribution < -0.4 is 9.47 Å². The maximum Gasteiger partial charge on any atom is 0.254 e. The molecule has 0 bridgehead atoms. The summed E-state index contributed by atoms with van der Waals surface area (Å²) < 4.78 is 12.1. The summed E-state index contributed by atoms with van der Waals surface area (Å²) in [7, 11) is 3.29. The first-order valence-corrected chi connectivity index (χ1v) is 11.4. The van der Waals surface area contributed by atoms with Gasteiger partial charge in [0.05, 0.1) is 36.0 Å². The lowest BCUT2D eigenvalue weighted by Gasteiger charge is -2.37. The van der Waals surface area contributed by atoms with Gasteiger partial charge in [-0.1, -0.05) is 6.07 Å². The third-order valence-electron chi connectivity index (χ3n) is 5.53. The number of amides is 1. The number of methoxy groups -OCH3 is 2. The molecule has 2 aromatic carbocycles. The van der Waals surface area contributed by atoms with E-state index in [9.17, 15) is 4.79 Å². The number of aromatic nitrogens is 1. The van der Waals surface area contributed by atoms with Crippen molar-refractivity contribution in [2.45, 2.75) is 12.5 Å². The van der Waals surface area contributed by atoms with E-state index < -0.39 is 0 Å². The first-order valence-electron chi connectivity index (χ1n) is 9.62. The van der Waals surface area contributed by atoms with Gasteiger partial charge in [-0.3, -0.25) is 4.79 Å². The van der Waals surface area contributed by atoms with Crippen molar-refractivity contribution in [1.82, 2.24) is 9.88 Å². The largest absolute Gasteiger partial charge is 0.493 e. The molecule has 0 fully saturated rings. The van der Waals surface area contributed by atoms with E-state index in [4.69, 9.17) is 9.47 Å². The summed E-state index contributed by atoms with van der Waals surface area (Å²) in [5.74, 6) is 1.43. The van der Waals surface area contributed by atoms with Crippen LogP contribution in [0.15, 0.2) is 53.4 Å². The van der Waals surface area contributed by atoms with Crippen LogP contribution in [0.1, 0.15) is 32.4 Å². The van der Waals surface area contributed by atoms with Crippen LogP contribution in [0.25, 0.3) is 10.2 Å². The third-order valence-corrected chi connectivity index (χ3v) is 7.24. The Morgan fingerprint density at radius 2 is 1.93 bits per heavy atom. The SMILES string of the molecule is COc1cc2c(cc1OC)[C@H](c1cccs1)N(C(=O)c1ccc3ncsc3c1)CC2. The number of rotatable bonds is 4. The number of fused-ring (bicyclic) bond motifs is 2. The van der Waals surface area contributed by atoms with Gasteiger partial charge in [-0.05, 0) is 59.3 Å². The lowest BCUT2D eigenvalue weighted by molar-refractivity contribution is 0.0697. The van der Waals surface area contributed by atoms with E-state index >= 15 is 0 Å². The van der Waals surface area contributed by atoms with Crippen molar-refractivity contribution >= 4 is 38.8 Å². The van der Waals surface area contributed by atoms with Crippen LogP contribution in [0.2, 0.25) is 0 Å². The standard InChI is InChI=1S/C23H20N2O3S2/c1-27-18-10-14-7-8-25(23(26)15-5-6-17-21(11-15)30-13-24-17)22(20-4-3-9-29-20)16(14)12-19(18)28-2/h3-6,9-13,22H,7-8H2,1-2H3/t22-/m1/s1. The van der Waals surface area contributed by atoms with Crippen LogP contribution in [-0.4, -0.2) is 36.6 Å². The zero-order valence-electron chi connectivity index (χ0n) is 16.6. The topological polar surface area (TPSA) is 51.7 Å². The molecule has 30 heavy (non-hydrogen) atoms. The zero-order chi connectivity index (χ0) is 20.7. The average molecular weight is 437 g/mol. The first kappa shape index (κ1) is 19.1. The molecule has 0 N–H and O–H groups in total. The van der Waals surface area contributed by atoms with Crippen molar-refractivity contribution in [3.63, 3.8) is 0 Å². The van der Waals surface area contributed by atoms with Gasteiger partial charge in [-0.15, -0.1) is 22.7 Å². The highest BCUT2D eigenvalue weighted by Crippen LogP contribution is 2.42. The summed E-state index contributed by atoms with van der Waals surface area (Å²) >= 11 is 3.21. The lowest BCUT2D eigenvalue weighted by atomic mass is 9.90. The number of thiazole rings is 1. The molecule has 0 aliphatic carbocycles. The molecule has 0 radical (unpaired) electrons. The van der Waals surface area contributed by atoms with Crippen molar-refractivity contribution in [1.29, 1.82) is 0 Å². The molecule has 1 amide bonds. The molecule has 2 aromatic heterocycles. The highest BCUT2D eigenvalue weighted by molar-refractivity contribution is 7.16. The van der Waals surface area contributed by atoms with E-state index in [0.717, 1.165) is 32.8 Å². The molecular weight excluding hydrogens is 416 g/mol. The van der Waals surface area contributed by atoms with Crippen LogP contribution in [0.3, 0.4) is 0 Å². The van der Waals surface area contributed by atoms with E-state index in [0.29, 0.717) is 17.9 Å². The van der Waals surface area contributed by atoms with Gasteiger partial charge in [0.1, 0.15) is 0 Å². The van der Waals surface area contributed by atoms with Gasteiger partial charge >= 0.3 is 0 Å². The number of hydrogen-bond acceptors (Lipinski definition) is 6. The molecule has 152 valence electrons. The molecule has 0 saturated heterocycles. The Balaban J connectivity index is 1.61. The second kappa shape index (κ2) is 7.74. The lowest BCUT2D eigenvalue weighted by Crippen LogP contribution is -2.40. The maximum atomic E-state index is 13.6. The fourth-order valence-corrected chi connectivity index (χ4v) is 5.64. The molecule has 1 atom stereocenters. The molecule has 5 rings (SSSR count). The van der Waals surface area contributed by atoms with Crippen LogP contribution in [0, 0.1) is 0 Å². The molecule has 5 nitrogen and oxygen atoms in total. The second-order valence-corrected chi connectivity index (χ2v) is 8.97. The third kappa shape index (κ3) is 3.14. The van der Waals surface area contributed by atoms with Crippen LogP contribution in [0.5, 0.6) is 11.5 Å². The summed E-state index contributed by atoms with van der Waals surface area (Å²) in [5, 5.41) is 2.05. The van der Waals surface area contributed by atoms with Crippen LogP contribution >= 0.6 is 22.7 Å². The summed E-state index contributed by atoms with van der Waals surface area (Å²) in [4.78, 5) is 21.0. The van der Waals surface area contributed by atoms with Crippen LogP contribution in [-0.2, 0) is 6.42 Å².